The number of nitrogens with zero attached hydrogens (tertiary/aromatic N) is 3. The summed E-state index contributed by atoms with van der Waals surface area (Å²) in [6, 6.07) is 15.2. The fraction of sp³-hybridized carbons (Fsp3) is 0.375. The van der Waals surface area contributed by atoms with E-state index in [9.17, 15) is 4.79 Å². The zero-order valence-electron chi connectivity index (χ0n) is 18.0. The highest BCUT2D eigenvalue weighted by atomic mass is 16.5. The lowest BCUT2D eigenvalue weighted by atomic mass is 9.97. The van der Waals surface area contributed by atoms with Crippen LogP contribution in [0.15, 0.2) is 48.5 Å². The molecule has 0 spiro atoms. The van der Waals surface area contributed by atoms with Crippen molar-refractivity contribution in [3.63, 3.8) is 0 Å². The Bertz CT molecular complexity index is 1040. The van der Waals surface area contributed by atoms with Crippen LogP contribution < -0.4 is 19.7 Å². The van der Waals surface area contributed by atoms with Crippen molar-refractivity contribution in [3.8, 4) is 11.6 Å². The van der Waals surface area contributed by atoms with Gasteiger partial charge in [0.25, 0.3) is 5.88 Å². The molecule has 1 atom stereocenters. The number of anilines is 2. The second-order valence-electron chi connectivity index (χ2n) is 7.51. The Balaban J connectivity index is 1.50. The molecule has 2 heterocycles. The Hall–Kier alpha value is -3.35. The van der Waals surface area contributed by atoms with Crippen LogP contribution in [-0.2, 0) is 4.79 Å². The van der Waals surface area contributed by atoms with E-state index in [2.05, 4.69) is 15.2 Å². The summed E-state index contributed by atoms with van der Waals surface area (Å²) >= 11 is 0. The lowest BCUT2D eigenvalue weighted by Gasteiger charge is -2.33. The van der Waals surface area contributed by atoms with E-state index in [0.717, 1.165) is 41.9 Å². The van der Waals surface area contributed by atoms with E-state index >= 15 is 0 Å². The van der Waals surface area contributed by atoms with Gasteiger partial charge < -0.3 is 19.7 Å². The van der Waals surface area contributed by atoms with Crippen molar-refractivity contribution in [2.45, 2.75) is 26.7 Å². The first kappa shape index (κ1) is 20.9. The first-order valence-corrected chi connectivity index (χ1v) is 10.9. The molecule has 162 valence electrons. The van der Waals surface area contributed by atoms with Gasteiger partial charge in [-0.2, -0.15) is 0 Å². The number of ether oxygens (including phenoxy) is 2. The predicted molar refractivity (Wildman–Crippen MR) is 122 cm³/mol. The molecule has 0 aliphatic carbocycles. The number of aromatic nitrogens is 2. The monoisotopic (exact) mass is 420 g/mol. The summed E-state index contributed by atoms with van der Waals surface area (Å²) in [5.74, 6) is 1.90. The maximum atomic E-state index is 12.9. The lowest BCUT2D eigenvalue weighted by Crippen LogP contribution is -2.41. The number of carbonyl (C=O) groups excluding carboxylic acids is 1. The van der Waals surface area contributed by atoms with Crippen LogP contribution in [0.2, 0.25) is 0 Å². The van der Waals surface area contributed by atoms with Crippen molar-refractivity contribution in [2.24, 2.45) is 5.92 Å². The summed E-state index contributed by atoms with van der Waals surface area (Å²) in [7, 11) is 0. The summed E-state index contributed by atoms with van der Waals surface area (Å²) in [5, 5.41) is 3.03. The smallest absolute Gasteiger partial charge is 0.258 e. The number of piperidine rings is 1. The second-order valence-corrected chi connectivity index (χ2v) is 7.51. The minimum absolute atomic E-state index is 0.0144. The van der Waals surface area contributed by atoms with Gasteiger partial charge in [0.2, 0.25) is 5.91 Å². The highest BCUT2D eigenvalue weighted by Crippen LogP contribution is 2.31. The second kappa shape index (κ2) is 9.64. The van der Waals surface area contributed by atoms with Gasteiger partial charge in [0.05, 0.1) is 30.2 Å². The molecule has 31 heavy (non-hydrogen) atoms. The fourth-order valence-electron chi connectivity index (χ4n) is 3.84. The molecule has 1 aliphatic rings. The molecule has 1 N–H and O–H groups in total. The van der Waals surface area contributed by atoms with Crippen LogP contribution in [-0.4, -0.2) is 42.2 Å². The summed E-state index contributed by atoms with van der Waals surface area (Å²) in [6.07, 6.45) is 1.74. The molecule has 1 unspecified atom stereocenters. The molecule has 1 amide bonds. The van der Waals surface area contributed by atoms with Crippen LogP contribution in [0.25, 0.3) is 11.0 Å². The van der Waals surface area contributed by atoms with Gasteiger partial charge in [0.15, 0.2) is 5.82 Å². The largest absolute Gasteiger partial charge is 0.494 e. The van der Waals surface area contributed by atoms with Gasteiger partial charge in [0.1, 0.15) is 5.75 Å². The quantitative estimate of drug-likeness (QED) is 0.615. The Morgan fingerprint density at radius 1 is 1.03 bits per heavy atom. The van der Waals surface area contributed by atoms with Crippen LogP contribution in [0.4, 0.5) is 11.5 Å². The number of amides is 1. The van der Waals surface area contributed by atoms with Crippen molar-refractivity contribution >= 4 is 28.4 Å². The number of hydrogen-bond donors (Lipinski definition) is 1. The van der Waals surface area contributed by atoms with Gasteiger partial charge in [-0.1, -0.05) is 12.1 Å². The van der Waals surface area contributed by atoms with E-state index in [1.54, 1.807) is 0 Å². The van der Waals surface area contributed by atoms with Crippen molar-refractivity contribution < 1.29 is 14.3 Å². The average Bonchev–Trinajstić information content (AvgIpc) is 2.80. The summed E-state index contributed by atoms with van der Waals surface area (Å²) in [6.45, 7) is 6.40. The lowest BCUT2D eigenvalue weighted by molar-refractivity contribution is -0.120. The van der Waals surface area contributed by atoms with Crippen LogP contribution in [0.5, 0.6) is 11.6 Å². The number of benzene rings is 2. The minimum Gasteiger partial charge on any atom is -0.494 e. The molecule has 0 radical (unpaired) electrons. The highest BCUT2D eigenvalue weighted by Gasteiger charge is 2.29. The normalized spacial score (nSPS) is 16.2. The third-order valence-corrected chi connectivity index (χ3v) is 5.33. The molecule has 4 rings (SSSR count). The van der Waals surface area contributed by atoms with Crippen LogP contribution in [0, 0.1) is 5.92 Å². The third kappa shape index (κ3) is 4.87. The molecule has 7 nitrogen and oxygen atoms in total. The molecule has 0 saturated carbocycles. The van der Waals surface area contributed by atoms with Crippen molar-refractivity contribution in [1.82, 2.24) is 9.97 Å². The first-order valence-electron chi connectivity index (χ1n) is 10.9. The van der Waals surface area contributed by atoms with Gasteiger partial charge in [-0.15, -0.1) is 0 Å². The van der Waals surface area contributed by atoms with Crippen molar-refractivity contribution in [2.75, 3.05) is 36.5 Å². The van der Waals surface area contributed by atoms with Crippen molar-refractivity contribution in [3.05, 3.63) is 48.5 Å². The van der Waals surface area contributed by atoms with Gasteiger partial charge in [-0.25, -0.2) is 9.97 Å². The molecular weight excluding hydrogens is 392 g/mol. The van der Waals surface area contributed by atoms with Crippen LogP contribution in [0.3, 0.4) is 0 Å². The Labute approximate surface area is 182 Å². The zero-order valence-corrected chi connectivity index (χ0v) is 18.0. The maximum absolute atomic E-state index is 12.9. The highest BCUT2D eigenvalue weighted by molar-refractivity contribution is 5.93. The molecular formula is C24H28N4O3. The minimum atomic E-state index is -0.136. The van der Waals surface area contributed by atoms with E-state index in [1.165, 1.54) is 0 Å². The summed E-state index contributed by atoms with van der Waals surface area (Å²) in [4.78, 5) is 24.5. The van der Waals surface area contributed by atoms with E-state index in [4.69, 9.17) is 14.5 Å². The third-order valence-electron chi connectivity index (χ3n) is 5.33. The van der Waals surface area contributed by atoms with Gasteiger partial charge in [-0.05, 0) is 63.1 Å². The molecule has 1 aromatic heterocycles. The Morgan fingerprint density at radius 3 is 2.45 bits per heavy atom. The standard InChI is InChI=1S/C24H28N4O3/c1-3-30-19-13-11-18(12-14-19)25-23(29)17-8-7-15-28(16-17)22-24(31-4-2)27-21-10-6-5-9-20(21)26-22/h5-6,9-14,17H,3-4,7-8,15-16H2,1-2H3,(H,25,29). The molecule has 1 fully saturated rings. The van der Waals surface area contributed by atoms with Crippen LogP contribution >= 0.6 is 0 Å². The zero-order chi connectivity index (χ0) is 21.6. The molecule has 0 bridgehead atoms. The molecule has 2 aromatic carbocycles. The molecule has 3 aromatic rings. The summed E-state index contributed by atoms with van der Waals surface area (Å²) < 4.78 is 11.3. The topological polar surface area (TPSA) is 76.6 Å². The van der Waals surface area contributed by atoms with Gasteiger partial charge in [0, 0.05) is 18.8 Å². The van der Waals surface area contributed by atoms with E-state index < -0.39 is 0 Å². The molecule has 7 heteroatoms. The SMILES string of the molecule is CCOc1ccc(NC(=O)C2CCCN(c3nc4ccccc4nc3OCC)C2)cc1. The number of hydrogen-bond acceptors (Lipinski definition) is 6. The van der Waals surface area contributed by atoms with Crippen LogP contribution in [0.1, 0.15) is 26.7 Å². The Kier molecular flexibility index (Phi) is 6.50. The number of carbonyl (C=O) groups is 1. The fourth-order valence-corrected chi connectivity index (χ4v) is 3.84. The summed E-state index contributed by atoms with van der Waals surface area (Å²) in [5.41, 5.74) is 2.39. The number of nitrogens with one attached hydrogen (secondary N) is 1. The number of fused-ring (bicyclic) bond motifs is 1. The predicted octanol–water partition coefficient (Wildman–Crippen LogP) is 4.28. The molecule has 1 saturated heterocycles. The van der Waals surface area contributed by atoms with E-state index in [1.807, 2.05) is 62.4 Å². The average molecular weight is 421 g/mol. The Morgan fingerprint density at radius 2 is 1.74 bits per heavy atom. The van der Waals surface area contributed by atoms with Gasteiger partial charge >= 0.3 is 0 Å². The van der Waals surface area contributed by atoms with E-state index in [-0.39, 0.29) is 11.8 Å². The van der Waals surface area contributed by atoms with Crippen molar-refractivity contribution in [1.29, 1.82) is 0 Å². The van der Waals surface area contributed by atoms with E-state index in [0.29, 0.717) is 31.5 Å². The number of rotatable bonds is 7. The maximum Gasteiger partial charge on any atom is 0.258 e. The van der Waals surface area contributed by atoms with Gasteiger partial charge in [-0.3, -0.25) is 4.79 Å². The first-order chi connectivity index (χ1) is 15.2. The molecule has 1 aliphatic heterocycles. The number of para-hydroxylation sites is 2.